The number of pyridine rings is 1. The molecule has 3 saturated heterocycles. The number of piperidine rings is 1. The zero-order valence-electron chi connectivity index (χ0n) is 48.6. The summed E-state index contributed by atoms with van der Waals surface area (Å²) in [7, 11) is 6.44. The quantitative estimate of drug-likeness (QED) is 0.0371. The van der Waals surface area contributed by atoms with E-state index in [0.29, 0.717) is 17.3 Å². The number of allylic oxidation sites excluding steroid dienone is 1. The lowest BCUT2D eigenvalue weighted by molar-refractivity contribution is -0.0146. The first-order valence-electron chi connectivity index (χ1n) is 26.9. The van der Waals surface area contributed by atoms with Crippen molar-refractivity contribution in [3.63, 3.8) is 0 Å². The van der Waals surface area contributed by atoms with E-state index in [0.717, 1.165) is 152 Å². The number of nitrogens with two attached hydrogens (primary N) is 1. The Morgan fingerprint density at radius 2 is 1.53 bits per heavy atom. The van der Waals surface area contributed by atoms with E-state index in [1.165, 1.54) is 29.7 Å². The summed E-state index contributed by atoms with van der Waals surface area (Å²) in [6, 6.07) is 18.5. The second kappa shape index (κ2) is 39.3. The Bertz CT molecular complexity index is 2220. The third-order valence-corrected chi connectivity index (χ3v) is 13.9. The summed E-state index contributed by atoms with van der Waals surface area (Å²) in [5, 5.41) is 25.2. The number of halogens is 1. The number of benzene rings is 2. The van der Waals surface area contributed by atoms with Crippen molar-refractivity contribution >= 4 is 17.4 Å². The molecule has 0 bridgehead atoms. The number of aliphatic hydroxyl groups excluding tert-OH is 1. The fourth-order valence-electron chi connectivity index (χ4n) is 9.15. The van der Waals surface area contributed by atoms with Crippen molar-refractivity contribution in [1.82, 2.24) is 45.7 Å². The van der Waals surface area contributed by atoms with Crippen molar-refractivity contribution < 1.29 is 9.50 Å². The molecule has 3 aliphatic heterocycles. The topological polar surface area (TPSA) is 138 Å². The van der Waals surface area contributed by atoms with Crippen LogP contribution in [0.4, 0.5) is 10.1 Å². The van der Waals surface area contributed by atoms with Gasteiger partial charge in [-0.15, -0.1) is 13.2 Å². The smallest absolute Gasteiger partial charge is 0.149 e. The fourth-order valence-corrected chi connectivity index (χ4v) is 9.78. The number of aliphatic hydroxyl groups is 1. The van der Waals surface area contributed by atoms with Crippen LogP contribution in [0.2, 0.25) is 0 Å². The number of hydrazine groups is 1. The first kappa shape index (κ1) is 68.9. The molecule has 3 aromatic rings. The van der Waals surface area contributed by atoms with E-state index in [1.807, 2.05) is 106 Å². The van der Waals surface area contributed by atoms with E-state index in [9.17, 15) is 5.26 Å². The Morgan fingerprint density at radius 1 is 0.934 bits per heavy atom. The van der Waals surface area contributed by atoms with Gasteiger partial charge in [-0.2, -0.15) is 17.0 Å². The van der Waals surface area contributed by atoms with Crippen molar-refractivity contribution in [2.75, 3.05) is 124 Å². The number of hydrogen-bond acceptors (Lipinski definition) is 14. The third-order valence-electron chi connectivity index (χ3n) is 12.6. The van der Waals surface area contributed by atoms with Crippen LogP contribution in [0.1, 0.15) is 82.6 Å². The highest BCUT2D eigenvalue weighted by Crippen LogP contribution is 2.40. The second-order valence-electron chi connectivity index (χ2n) is 19.2. The number of aryl methyl sites for hydroxylation is 2. The maximum atomic E-state index is 15.4. The van der Waals surface area contributed by atoms with Crippen LogP contribution >= 0.6 is 11.8 Å². The molecule has 0 aliphatic carbocycles. The van der Waals surface area contributed by atoms with Crippen LogP contribution < -0.4 is 26.7 Å². The van der Waals surface area contributed by atoms with Gasteiger partial charge in [-0.05, 0) is 102 Å². The van der Waals surface area contributed by atoms with Crippen LogP contribution in [-0.4, -0.2) is 160 Å². The number of rotatable bonds is 22. The lowest BCUT2D eigenvalue weighted by Gasteiger charge is -2.42. The standard InChI is InChI=1S/C29H30FN3.C21H37N5S.C7H17N3.C2H6.CH5N.CH4O/c1-4-8-22-9-6-7-10-25(22)28-26(30)18-24(20-32-28)29(5-2)13-15-33(16-14-29)27-12-11-21(3)17-23(27)19-31;1-7-8-23-14-24(9-18(2)3)16-25(10-19(4)5)17-26(15-23)11-20(6)22-21-12-27-13-21;1-4-9-6-5-7-10(3)8-2;3*1-2/h5-7,9-12,17-18,20H,2,4,8,13-16H2,1,3H3;7,21-22H,1-2,4,6,8-17H2,3,5H3;4,8-9H,1,5-7H2,2-3H3;1-2H3;2H2,1H3;2H,1H3. The maximum absolute atomic E-state index is 15.4. The Balaban J connectivity index is 0.000000603. The molecule has 0 radical (unpaired) electrons. The first-order chi connectivity index (χ1) is 36.7. The molecule has 0 amide bonds. The third kappa shape index (κ3) is 24.0. The minimum atomic E-state index is -0.330. The van der Waals surface area contributed by atoms with Gasteiger partial charge in [0.25, 0.3) is 0 Å². The van der Waals surface area contributed by atoms with Gasteiger partial charge in [-0.1, -0.05) is 107 Å². The lowest BCUT2D eigenvalue weighted by Crippen LogP contribution is -2.56. The van der Waals surface area contributed by atoms with Gasteiger partial charge in [-0.25, -0.2) is 9.40 Å². The first-order valence-corrected chi connectivity index (χ1v) is 28.0. The molecule has 1 aromatic heterocycles. The predicted molar refractivity (Wildman–Crippen MR) is 326 cm³/mol. The van der Waals surface area contributed by atoms with Crippen LogP contribution in [0.15, 0.2) is 129 Å². The summed E-state index contributed by atoms with van der Waals surface area (Å²) in [5.74, 6) is 2.10. The van der Waals surface area contributed by atoms with Crippen LogP contribution in [0.5, 0.6) is 0 Å². The van der Waals surface area contributed by atoms with Crippen LogP contribution in [0.25, 0.3) is 11.3 Å². The van der Waals surface area contributed by atoms with Crippen molar-refractivity contribution in [3.8, 4) is 17.3 Å². The normalized spacial score (nSPS) is 15.6. The predicted octanol–water partition coefficient (Wildman–Crippen LogP) is 9.72. The van der Waals surface area contributed by atoms with E-state index < -0.39 is 0 Å². The molecule has 13 nitrogen and oxygen atoms in total. The van der Waals surface area contributed by atoms with Gasteiger partial charge < -0.3 is 26.4 Å². The number of nitriles is 1. The minimum Gasteiger partial charge on any atom is -0.400 e. The minimum absolute atomic E-state index is 0.287. The van der Waals surface area contributed by atoms with Crippen molar-refractivity contribution in [2.45, 2.75) is 85.1 Å². The highest BCUT2D eigenvalue weighted by molar-refractivity contribution is 8.00. The number of thioether (sulfide) groups is 1. The number of nitrogens with one attached hydrogen (secondary N) is 3. The lowest BCUT2D eigenvalue weighted by atomic mass is 9.73. The molecule has 3 aliphatic rings. The second-order valence-corrected chi connectivity index (χ2v) is 20.3. The summed E-state index contributed by atoms with van der Waals surface area (Å²) in [4.78, 5) is 16.6. The molecule has 3 fully saturated rings. The SMILES string of the molecule is C=CC1(c2cnc(-c3ccccc3CCC)c(F)c2)CCN(c2ccc(C)cc2C#N)CC1.C=CCN1CN(CC(=C)C)CN(CC(=C)C)CN(CC(=C)NC2CSC2)C1.C=CNCCCN(C)NC.CC.CN.CO. The summed E-state index contributed by atoms with van der Waals surface area (Å²) in [6.45, 7) is 47.2. The molecule has 4 heterocycles. The monoisotopic (exact) mass is 1070 g/mol. The van der Waals surface area contributed by atoms with E-state index >= 15 is 4.39 Å². The van der Waals surface area contributed by atoms with Crippen LogP contribution in [0, 0.1) is 24.1 Å². The van der Waals surface area contributed by atoms with Gasteiger partial charge >= 0.3 is 0 Å². The summed E-state index contributed by atoms with van der Waals surface area (Å²) in [6.07, 6.45) is 12.1. The molecule has 0 unspecified atom stereocenters. The Kier molecular flexibility index (Phi) is 35.6. The van der Waals surface area contributed by atoms with E-state index in [4.69, 9.17) is 5.11 Å². The number of aromatic nitrogens is 1. The molecule has 2 aromatic carbocycles. The molecule has 0 saturated carbocycles. The van der Waals surface area contributed by atoms with Gasteiger partial charge in [0, 0.05) is 107 Å². The molecular formula is C61H99FN12OS. The molecule has 422 valence electrons. The molecule has 15 heteroatoms. The zero-order valence-corrected chi connectivity index (χ0v) is 49.4. The van der Waals surface area contributed by atoms with Crippen molar-refractivity contribution in [3.05, 3.63) is 157 Å². The van der Waals surface area contributed by atoms with Gasteiger partial charge in [0.2, 0.25) is 0 Å². The average molecular weight is 1070 g/mol. The Labute approximate surface area is 465 Å². The summed E-state index contributed by atoms with van der Waals surface area (Å²) < 4.78 is 15.4. The molecule has 0 spiro atoms. The molecule has 76 heavy (non-hydrogen) atoms. The molecular weight excluding hydrogens is 968 g/mol. The Hall–Kier alpha value is -5.12. The van der Waals surface area contributed by atoms with E-state index in [-0.39, 0.29) is 11.2 Å². The zero-order chi connectivity index (χ0) is 57.1. The maximum Gasteiger partial charge on any atom is 0.149 e. The largest absolute Gasteiger partial charge is 0.400 e. The number of nitrogens with zero attached hydrogens (tertiary/aromatic N) is 8. The van der Waals surface area contributed by atoms with Crippen molar-refractivity contribution in [2.24, 2.45) is 5.73 Å². The number of anilines is 1. The van der Waals surface area contributed by atoms with E-state index in [2.05, 4.69) is 124 Å². The highest BCUT2D eigenvalue weighted by atomic mass is 32.2. The van der Waals surface area contributed by atoms with Crippen LogP contribution in [-0.2, 0) is 11.8 Å². The van der Waals surface area contributed by atoms with Crippen LogP contribution in [0.3, 0.4) is 0 Å². The van der Waals surface area contributed by atoms with Gasteiger partial charge in [0.05, 0.1) is 37.9 Å². The summed E-state index contributed by atoms with van der Waals surface area (Å²) >= 11 is 1.99. The van der Waals surface area contributed by atoms with E-state index in [1.54, 1.807) is 12.3 Å². The molecule has 6 N–H and O–H groups in total. The van der Waals surface area contributed by atoms with Crippen molar-refractivity contribution in [1.29, 1.82) is 5.26 Å². The number of hydrogen-bond donors (Lipinski definition) is 5. The van der Waals surface area contributed by atoms with Gasteiger partial charge in [-0.3, -0.25) is 30.0 Å². The highest BCUT2D eigenvalue weighted by Gasteiger charge is 2.35. The molecule has 0 atom stereocenters. The Morgan fingerprint density at radius 3 is 2.03 bits per heavy atom. The average Bonchev–Trinajstić information content (AvgIpc) is 3.40. The summed E-state index contributed by atoms with van der Waals surface area (Å²) in [5.41, 5.74) is 16.7. The molecule has 6 rings (SSSR count). The fraction of sp³-hybridized carbons (Fsp3) is 0.508. The van der Waals surface area contributed by atoms with Gasteiger partial charge in [0.1, 0.15) is 17.6 Å². The van der Waals surface area contributed by atoms with Gasteiger partial charge in [0.15, 0.2) is 0 Å².